The SMILES string of the molecule is CCC(CC)N(C)c1cc(C(N)=S)ccn1. The molecule has 88 valence electrons. The molecule has 0 saturated heterocycles. The van der Waals surface area contributed by atoms with Gasteiger partial charge in [0, 0.05) is 24.8 Å². The Hall–Kier alpha value is -1.16. The van der Waals surface area contributed by atoms with Crippen LogP contribution in [0.3, 0.4) is 0 Å². The van der Waals surface area contributed by atoms with Crippen LogP contribution in [0.1, 0.15) is 32.3 Å². The lowest BCUT2D eigenvalue weighted by molar-refractivity contribution is 0.587. The van der Waals surface area contributed by atoms with Crippen LogP contribution in [-0.2, 0) is 0 Å². The number of nitrogens with zero attached hydrogens (tertiary/aromatic N) is 2. The van der Waals surface area contributed by atoms with Gasteiger partial charge in [-0.1, -0.05) is 26.1 Å². The highest BCUT2D eigenvalue weighted by molar-refractivity contribution is 7.80. The highest BCUT2D eigenvalue weighted by Crippen LogP contribution is 2.17. The van der Waals surface area contributed by atoms with E-state index in [1.165, 1.54) is 0 Å². The quantitative estimate of drug-likeness (QED) is 0.798. The molecule has 0 fully saturated rings. The Balaban J connectivity index is 2.94. The van der Waals surface area contributed by atoms with E-state index in [2.05, 4.69) is 30.8 Å². The van der Waals surface area contributed by atoms with E-state index in [1.54, 1.807) is 6.20 Å². The Morgan fingerprint density at radius 1 is 1.50 bits per heavy atom. The van der Waals surface area contributed by atoms with Gasteiger partial charge in [0.2, 0.25) is 0 Å². The van der Waals surface area contributed by atoms with Crippen LogP contribution in [0.15, 0.2) is 18.3 Å². The zero-order valence-electron chi connectivity index (χ0n) is 10.1. The minimum absolute atomic E-state index is 0.418. The van der Waals surface area contributed by atoms with E-state index in [1.807, 2.05) is 12.1 Å². The largest absolute Gasteiger partial charge is 0.389 e. The first kappa shape index (κ1) is 12.9. The number of hydrogen-bond acceptors (Lipinski definition) is 3. The van der Waals surface area contributed by atoms with Gasteiger partial charge in [0.25, 0.3) is 0 Å². The molecule has 2 N–H and O–H groups in total. The lowest BCUT2D eigenvalue weighted by Gasteiger charge is -2.27. The number of aromatic nitrogens is 1. The third-order valence-electron chi connectivity index (χ3n) is 2.88. The van der Waals surface area contributed by atoms with Gasteiger partial charge < -0.3 is 10.6 Å². The molecule has 0 aliphatic heterocycles. The number of hydrogen-bond donors (Lipinski definition) is 1. The van der Waals surface area contributed by atoms with Crippen LogP contribution in [0.5, 0.6) is 0 Å². The average Bonchev–Trinajstić information content (AvgIpc) is 2.30. The van der Waals surface area contributed by atoms with Crippen molar-refractivity contribution in [1.82, 2.24) is 4.98 Å². The van der Waals surface area contributed by atoms with Crippen LogP contribution in [0.4, 0.5) is 5.82 Å². The fraction of sp³-hybridized carbons (Fsp3) is 0.500. The molecule has 1 heterocycles. The van der Waals surface area contributed by atoms with Gasteiger partial charge in [-0.15, -0.1) is 0 Å². The zero-order valence-corrected chi connectivity index (χ0v) is 10.9. The van der Waals surface area contributed by atoms with E-state index in [-0.39, 0.29) is 0 Å². The van der Waals surface area contributed by atoms with E-state index in [9.17, 15) is 0 Å². The molecule has 0 atom stereocenters. The molecule has 16 heavy (non-hydrogen) atoms. The first-order valence-electron chi connectivity index (χ1n) is 5.58. The summed E-state index contributed by atoms with van der Waals surface area (Å²) in [7, 11) is 2.06. The summed E-state index contributed by atoms with van der Waals surface area (Å²) in [5, 5.41) is 0. The Morgan fingerprint density at radius 3 is 2.62 bits per heavy atom. The first-order valence-corrected chi connectivity index (χ1v) is 5.99. The van der Waals surface area contributed by atoms with Crippen LogP contribution in [0, 0.1) is 0 Å². The molecule has 4 heteroatoms. The number of rotatable bonds is 5. The van der Waals surface area contributed by atoms with Crippen LogP contribution >= 0.6 is 12.2 Å². The Labute approximate surface area is 103 Å². The summed E-state index contributed by atoms with van der Waals surface area (Å²) >= 11 is 4.96. The number of nitrogens with two attached hydrogens (primary N) is 1. The number of thiocarbonyl (C=S) groups is 1. The predicted molar refractivity (Wildman–Crippen MR) is 72.9 cm³/mol. The van der Waals surface area contributed by atoms with Crippen molar-refractivity contribution in [1.29, 1.82) is 0 Å². The van der Waals surface area contributed by atoms with Gasteiger partial charge in [-0.05, 0) is 25.0 Å². The summed E-state index contributed by atoms with van der Waals surface area (Å²) in [4.78, 5) is 6.95. The maximum absolute atomic E-state index is 5.61. The van der Waals surface area contributed by atoms with Gasteiger partial charge >= 0.3 is 0 Å². The molecule has 1 aromatic heterocycles. The molecule has 1 rings (SSSR count). The topological polar surface area (TPSA) is 42.1 Å². The maximum atomic E-state index is 5.61. The van der Waals surface area contributed by atoms with Gasteiger partial charge in [-0.2, -0.15) is 0 Å². The van der Waals surface area contributed by atoms with Crippen LogP contribution in [0.2, 0.25) is 0 Å². The highest BCUT2D eigenvalue weighted by Gasteiger charge is 2.12. The molecular weight excluding hydrogens is 218 g/mol. The molecule has 3 nitrogen and oxygen atoms in total. The highest BCUT2D eigenvalue weighted by atomic mass is 32.1. The van der Waals surface area contributed by atoms with Gasteiger partial charge in [0.15, 0.2) is 0 Å². The van der Waals surface area contributed by atoms with Crippen molar-refractivity contribution in [3.05, 3.63) is 23.9 Å². The fourth-order valence-electron chi connectivity index (χ4n) is 1.79. The molecule has 0 saturated carbocycles. The van der Waals surface area contributed by atoms with E-state index in [4.69, 9.17) is 18.0 Å². The second kappa shape index (κ2) is 5.80. The third-order valence-corrected chi connectivity index (χ3v) is 3.12. The average molecular weight is 237 g/mol. The summed E-state index contributed by atoms with van der Waals surface area (Å²) < 4.78 is 0. The second-order valence-corrected chi connectivity index (χ2v) is 4.29. The molecule has 0 bridgehead atoms. The van der Waals surface area contributed by atoms with Crippen LogP contribution in [-0.4, -0.2) is 23.1 Å². The van der Waals surface area contributed by atoms with Crippen LogP contribution in [0.25, 0.3) is 0 Å². The number of anilines is 1. The monoisotopic (exact) mass is 237 g/mol. The second-order valence-electron chi connectivity index (χ2n) is 3.85. The van der Waals surface area contributed by atoms with E-state index >= 15 is 0 Å². The lowest BCUT2D eigenvalue weighted by atomic mass is 10.1. The van der Waals surface area contributed by atoms with Gasteiger partial charge in [0.1, 0.15) is 10.8 Å². The molecule has 0 aliphatic carbocycles. The minimum Gasteiger partial charge on any atom is -0.389 e. The van der Waals surface area contributed by atoms with Crippen LogP contribution < -0.4 is 10.6 Å². The van der Waals surface area contributed by atoms with E-state index in [0.717, 1.165) is 24.2 Å². The van der Waals surface area contributed by atoms with Crippen molar-refractivity contribution in [3.63, 3.8) is 0 Å². The smallest absolute Gasteiger partial charge is 0.129 e. The Bertz CT molecular complexity index is 361. The van der Waals surface area contributed by atoms with Crippen molar-refractivity contribution in [2.75, 3.05) is 11.9 Å². The first-order chi connectivity index (χ1) is 7.60. The maximum Gasteiger partial charge on any atom is 0.129 e. The van der Waals surface area contributed by atoms with Crippen molar-refractivity contribution < 1.29 is 0 Å². The predicted octanol–water partition coefficient (Wildman–Crippen LogP) is 2.34. The molecule has 0 radical (unpaired) electrons. The molecular formula is C12H19N3S. The molecule has 0 amide bonds. The van der Waals surface area contributed by atoms with E-state index < -0.39 is 0 Å². The summed E-state index contributed by atoms with van der Waals surface area (Å²) in [5.74, 6) is 0.930. The summed E-state index contributed by atoms with van der Waals surface area (Å²) in [6.45, 7) is 4.37. The van der Waals surface area contributed by atoms with Crippen molar-refractivity contribution >= 4 is 23.0 Å². The molecule has 1 aromatic rings. The summed E-state index contributed by atoms with van der Waals surface area (Å²) in [5.41, 5.74) is 6.48. The summed E-state index contributed by atoms with van der Waals surface area (Å²) in [6.07, 6.45) is 3.96. The fourth-order valence-corrected chi connectivity index (χ4v) is 1.91. The Morgan fingerprint density at radius 2 is 2.12 bits per heavy atom. The molecule has 0 unspecified atom stereocenters. The third kappa shape index (κ3) is 2.92. The van der Waals surface area contributed by atoms with Crippen molar-refractivity contribution in [2.24, 2.45) is 5.73 Å². The molecule has 0 spiro atoms. The lowest BCUT2D eigenvalue weighted by Crippen LogP contribution is -2.31. The van der Waals surface area contributed by atoms with Gasteiger partial charge in [-0.25, -0.2) is 4.98 Å². The zero-order chi connectivity index (χ0) is 12.1. The van der Waals surface area contributed by atoms with E-state index in [0.29, 0.717) is 11.0 Å². The van der Waals surface area contributed by atoms with Gasteiger partial charge in [-0.3, -0.25) is 0 Å². The van der Waals surface area contributed by atoms with Crippen molar-refractivity contribution in [2.45, 2.75) is 32.7 Å². The normalized spacial score (nSPS) is 10.5. The number of pyridine rings is 1. The Kier molecular flexibility index (Phi) is 4.68. The molecule has 0 aromatic carbocycles. The summed E-state index contributed by atoms with van der Waals surface area (Å²) in [6, 6.07) is 4.29. The molecule has 0 aliphatic rings. The van der Waals surface area contributed by atoms with Crippen molar-refractivity contribution in [3.8, 4) is 0 Å². The standard InChI is InChI=1S/C12H19N3S/c1-4-10(5-2)15(3)11-8-9(12(13)16)6-7-14-11/h6-8,10H,4-5H2,1-3H3,(H2,13,16). The minimum atomic E-state index is 0.418. The van der Waals surface area contributed by atoms with Gasteiger partial charge in [0.05, 0.1) is 0 Å².